The van der Waals surface area contributed by atoms with Crippen LogP contribution in [-0.2, 0) is 7.05 Å². The first-order valence-electron chi connectivity index (χ1n) is 5.58. The van der Waals surface area contributed by atoms with E-state index in [0.29, 0.717) is 12.1 Å². The topological polar surface area (TPSA) is 29.9 Å². The maximum Gasteiger partial charge on any atom is 0.0537 e. The van der Waals surface area contributed by atoms with Crippen molar-refractivity contribution in [3.8, 4) is 0 Å². The van der Waals surface area contributed by atoms with Crippen LogP contribution >= 0.6 is 11.8 Å². The van der Waals surface area contributed by atoms with Crippen LogP contribution in [0.15, 0.2) is 12.4 Å². The minimum atomic E-state index is 0.419. The van der Waals surface area contributed by atoms with Gasteiger partial charge in [0.15, 0.2) is 0 Å². The predicted octanol–water partition coefficient (Wildman–Crippen LogP) is 1.97. The maximum atomic E-state index is 4.20. The van der Waals surface area contributed by atoms with Crippen molar-refractivity contribution in [3.63, 3.8) is 0 Å². The van der Waals surface area contributed by atoms with Crippen molar-refractivity contribution in [1.82, 2.24) is 15.1 Å². The van der Waals surface area contributed by atoms with Crippen molar-refractivity contribution in [1.29, 1.82) is 0 Å². The minimum Gasteiger partial charge on any atom is -0.307 e. The van der Waals surface area contributed by atoms with E-state index in [1.807, 2.05) is 17.9 Å². The molecule has 2 atom stereocenters. The third-order valence-corrected chi connectivity index (χ3v) is 4.09. The lowest BCUT2D eigenvalue weighted by Gasteiger charge is -2.25. The van der Waals surface area contributed by atoms with Crippen LogP contribution in [0.1, 0.15) is 31.4 Å². The Morgan fingerprint density at radius 1 is 1.67 bits per heavy atom. The average Bonchev–Trinajstić information content (AvgIpc) is 2.66. The van der Waals surface area contributed by atoms with Gasteiger partial charge in [-0.15, -0.1) is 0 Å². The molecular weight excluding hydrogens is 206 g/mol. The number of hydrogen-bond donors (Lipinski definition) is 1. The Bertz CT molecular complexity index is 305. The second-order valence-corrected chi connectivity index (χ2v) is 5.40. The third-order valence-electron chi connectivity index (χ3n) is 2.87. The molecule has 3 nitrogen and oxygen atoms in total. The second kappa shape index (κ2) is 5.03. The average molecular weight is 225 g/mol. The number of rotatable bonds is 3. The van der Waals surface area contributed by atoms with Crippen molar-refractivity contribution < 1.29 is 0 Å². The number of hydrogen-bond acceptors (Lipinski definition) is 3. The molecule has 1 aliphatic heterocycles. The van der Waals surface area contributed by atoms with E-state index in [9.17, 15) is 0 Å². The summed E-state index contributed by atoms with van der Waals surface area (Å²) in [7, 11) is 1.96. The highest BCUT2D eigenvalue weighted by atomic mass is 32.2. The molecule has 1 aromatic rings. The van der Waals surface area contributed by atoms with Crippen molar-refractivity contribution in [2.45, 2.75) is 31.8 Å². The standard InChI is InChI=1S/C11H19N3S/c1-9(10-6-12-14(2)7-10)13-11-4-3-5-15-8-11/h6-7,9,11,13H,3-5,8H2,1-2H3. The highest BCUT2D eigenvalue weighted by Gasteiger charge is 2.17. The molecule has 0 radical (unpaired) electrons. The molecule has 1 aliphatic rings. The van der Waals surface area contributed by atoms with E-state index in [2.05, 4.69) is 35.3 Å². The number of thioether (sulfide) groups is 1. The summed E-state index contributed by atoms with van der Waals surface area (Å²) in [6, 6.07) is 1.10. The molecule has 0 amide bonds. The molecule has 1 saturated heterocycles. The Morgan fingerprint density at radius 2 is 2.53 bits per heavy atom. The predicted molar refractivity (Wildman–Crippen MR) is 65.1 cm³/mol. The van der Waals surface area contributed by atoms with Crippen molar-refractivity contribution in [3.05, 3.63) is 18.0 Å². The van der Waals surface area contributed by atoms with Crippen LogP contribution in [0, 0.1) is 0 Å². The molecule has 4 heteroatoms. The van der Waals surface area contributed by atoms with E-state index >= 15 is 0 Å². The van der Waals surface area contributed by atoms with Gasteiger partial charge in [-0.1, -0.05) is 0 Å². The van der Waals surface area contributed by atoms with Gasteiger partial charge in [0.05, 0.1) is 6.20 Å². The summed E-state index contributed by atoms with van der Waals surface area (Å²) in [5.74, 6) is 2.59. The van der Waals surface area contributed by atoms with Gasteiger partial charge in [-0.25, -0.2) is 0 Å². The SMILES string of the molecule is CC(NC1CCCSC1)c1cnn(C)c1. The Hall–Kier alpha value is -0.480. The number of nitrogens with zero attached hydrogens (tertiary/aromatic N) is 2. The van der Waals surface area contributed by atoms with Gasteiger partial charge in [0, 0.05) is 36.6 Å². The van der Waals surface area contributed by atoms with Gasteiger partial charge in [0.1, 0.15) is 0 Å². The van der Waals surface area contributed by atoms with Crippen LogP contribution in [0.5, 0.6) is 0 Å². The Morgan fingerprint density at radius 3 is 3.13 bits per heavy atom. The van der Waals surface area contributed by atoms with Crippen molar-refractivity contribution in [2.24, 2.45) is 7.05 Å². The summed E-state index contributed by atoms with van der Waals surface area (Å²) in [4.78, 5) is 0. The van der Waals surface area contributed by atoms with E-state index in [1.54, 1.807) is 0 Å². The number of nitrogens with one attached hydrogen (secondary N) is 1. The largest absolute Gasteiger partial charge is 0.307 e. The molecule has 0 aliphatic carbocycles. The van der Waals surface area contributed by atoms with Gasteiger partial charge in [-0.05, 0) is 25.5 Å². The highest BCUT2D eigenvalue weighted by Crippen LogP contribution is 2.20. The van der Waals surface area contributed by atoms with Gasteiger partial charge in [0.2, 0.25) is 0 Å². The molecule has 2 rings (SSSR count). The van der Waals surface area contributed by atoms with Gasteiger partial charge in [-0.2, -0.15) is 16.9 Å². The fourth-order valence-electron chi connectivity index (χ4n) is 1.99. The highest BCUT2D eigenvalue weighted by molar-refractivity contribution is 7.99. The van der Waals surface area contributed by atoms with E-state index in [1.165, 1.54) is 29.9 Å². The first-order chi connectivity index (χ1) is 7.25. The van der Waals surface area contributed by atoms with Crippen molar-refractivity contribution in [2.75, 3.05) is 11.5 Å². The van der Waals surface area contributed by atoms with Gasteiger partial charge >= 0.3 is 0 Å². The fraction of sp³-hybridized carbons (Fsp3) is 0.727. The van der Waals surface area contributed by atoms with Crippen LogP contribution in [0.3, 0.4) is 0 Å². The molecule has 84 valence electrons. The maximum absolute atomic E-state index is 4.20. The Balaban J connectivity index is 1.88. The lowest BCUT2D eigenvalue weighted by molar-refractivity contribution is 0.452. The molecule has 1 N–H and O–H groups in total. The quantitative estimate of drug-likeness (QED) is 0.853. The molecule has 2 unspecified atom stereocenters. The molecule has 15 heavy (non-hydrogen) atoms. The summed E-state index contributed by atoms with van der Waals surface area (Å²) in [6.07, 6.45) is 6.71. The monoisotopic (exact) mass is 225 g/mol. The van der Waals surface area contributed by atoms with E-state index in [0.717, 1.165) is 0 Å². The molecule has 1 fully saturated rings. The van der Waals surface area contributed by atoms with E-state index in [-0.39, 0.29) is 0 Å². The zero-order valence-corrected chi connectivity index (χ0v) is 10.3. The van der Waals surface area contributed by atoms with Crippen LogP contribution < -0.4 is 5.32 Å². The van der Waals surface area contributed by atoms with Gasteiger partial charge in [-0.3, -0.25) is 4.68 Å². The van der Waals surface area contributed by atoms with Crippen LogP contribution in [0.4, 0.5) is 0 Å². The zero-order chi connectivity index (χ0) is 10.7. The third kappa shape index (κ3) is 2.98. The van der Waals surface area contributed by atoms with Gasteiger partial charge in [0.25, 0.3) is 0 Å². The Kier molecular flexibility index (Phi) is 3.70. The van der Waals surface area contributed by atoms with Gasteiger partial charge < -0.3 is 5.32 Å². The smallest absolute Gasteiger partial charge is 0.0537 e. The molecular formula is C11H19N3S. The molecule has 0 spiro atoms. The lowest BCUT2D eigenvalue weighted by atomic mass is 10.1. The number of aryl methyl sites for hydroxylation is 1. The first-order valence-corrected chi connectivity index (χ1v) is 6.73. The summed E-state index contributed by atoms with van der Waals surface area (Å²) in [5, 5.41) is 7.88. The molecule has 0 bridgehead atoms. The van der Waals surface area contributed by atoms with Crippen LogP contribution in [0.2, 0.25) is 0 Å². The van der Waals surface area contributed by atoms with Crippen molar-refractivity contribution >= 4 is 11.8 Å². The minimum absolute atomic E-state index is 0.419. The Labute approximate surface area is 95.6 Å². The van der Waals surface area contributed by atoms with Crippen LogP contribution in [-0.4, -0.2) is 27.3 Å². The first kappa shape index (κ1) is 11.0. The number of aromatic nitrogens is 2. The zero-order valence-electron chi connectivity index (χ0n) is 9.44. The van der Waals surface area contributed by atoms with E-state index < -0.39 is 0 Å². The summed E-state index contributed by atoms with van der Waals surface area (Å²) in [5.41, 5.74) is 1.29. The molecule has 0 aromatic carbocycles. The molecule has 2 heterocycles. The lowest BCUT2D eigenvalue weighted by Crippen LogP contribution is -2.35. The molecule has 1 aromatic heterocycles. The van der Waals surface area contributed by atoms with E-state index in [4.69, 9.17) is 0 Å². The molecule has 0 saturated carbocycles. The fourth-order valence-corrected chi connectivity index (χ4v) is 3.07. The summed E-state index contributed by atoms with van der Waals surface area (Å²) < 4.78 is 1.86. The second-order valence-electron chi connectivity index (χ2n) is 4.25. The summed E-state index contributed by atoms with van der Waals surface area (Å²) in [6.45, 7) is 2.22. The van der Waals surface area contributed by atoms with Crippen LogP contribution in [0.25, 0.3) is 0 Å². The normalized spacial score (nSPS) is 24.0. The summed E-state index contributed by atoms with van der Waals surface area (Å²) >= 11 is 2.06.